The average molecular weight is 395 g/mol. The summed E-state index contributed by atoms with van der Waals surface area (Å²) in [5, 5.41) is 6.62. The van der Waals surface area contributed by atoms with Crippen LogP contribution in [0.3, 0.4) is 0 Å². The van der Waals surface area contributed by atoms with Gasteiger partial charge in [-0.1, -0.05) is 54.1 Å². The van der Waals surface area contributed by atoms with Crippen molar-refractivity contribution in [2.24, 2.45) is 0 Å². The third-order valence-electron chi connectivity index (χ3n) is 4.24. The second-order valence-corrected chi connectivity index (χ2v) is 6.88. The highest BCUT2D eigenvalue weighted by Gasteiger charge is 2.05. The molecule has 2 N–H and O–H groups in total. The zero-order valence-corrected chi connectivity index (χ0v) is 16.5. The summed E-state index contributed by atoms with van der Waals surface area (Å²) < 4.78 is 5.80. The highest BCUT2D eigenvalue weighted by molar-refractivity contribution is 6.31. The molecule has 0 aliphatic carbocycles. The van der Waals surface area contributed by atoms with Crippen molar-refractivity contribution in [3.05, 3.63) is 88.9 Å². The molecule has 28 heavy (non-hydrogen) atoms. The van der Waals surface area contributed by atoms with Gasteiger partial charge in [-0.3, -0.25) is 4.79 Å². The predicted octanol–water partition coefficient (Wildman–Crippen LogP) is 5.32. The quantitative estimate of drug-likeness (QED) is 0.543. The fraction of sp³-hybridized carbons (Fsp3) is 0.174. The fourth-order valence-corrected chi connectivity index (χ4v) is 2.87. The lowest BCUT2D eigenvalue weighted by Crippen LogP contribution is -2.21. The number of rotatable bonds is 8. The zero-order valence-electron chi connectivity index (χ0n) is 15.7. The average Bonchev–Trinajstić information content (AvgIpc) is 2.70. The molecule has 3 aromatic rings. The van der Waals surface area contributed by atoms with E-state index in [4.69, 9.17) is 16.3 Å². The van der Waals surface area contributed by atoms with Crippen LogP contribution in [0.1, 0.15) is 11.1 Å². The Hall–Kier alpha value is -2.98. The number of anilines is 2. The monoisotopic (exact) mass is 394 g/mol. The van der Waals surface area contributed by atoms with Crippen LogP contribution >= 0.6 is 11.6 Å². The molecule has 0 bridgehead atoms. The number of amides is 1. The van der Waals surface area contributed by atoms with Gasteiger partial charge >= 0.3 is 0 Å². The first kappa shape index (κ1) is 19.8. The summed E-state index contributed by atoms with van der Waals surface area (Å²) in [4.78, 5) is 12.2. The fourth-order valence-electron chi connectivity index (χ4n) is 2.69. The number of carbonyl (C=O) groups excluding carboxylic acids is 1. The molecule has 3 aromatic carbocycles. The van der Waals surface area contributed by atoms with Gasteiger partial charge in [0.1, 0.15) is 5.75 Å². The van der Waals surface area contributed by atoms with Crippen molar-refractivity contribution in [3.63, 3.8) is 0 Å². The van der Waals surface area contributed by atoms with Crippen molar-refractivity contribution < 1.29 is 9.53 Å². The number of nitrogens with one attached hydrogen (secondary N) is 2. The molecule has 1 amide bonds. The van der Waals surface area contributed by atoms with Gasteiger partial charge in [0.15, 0.2) is 0 Å². The van der Waals surface area contributed by atoms with E-state index in [9.17, 15) is 4.79 Å². The van der Waals surface area contributed by atoms with Crippen LogP contribution in [0.5, 0.6) is 5.75 Å². The smallest absolute Gasteiger partial charge is 0.243 e. The number of ether oxygens (including phenoxy) is 1. The van der Waals surface area contributed by atoms with E-state index in [1.165, 1.54) is 5.56 Å². The number of hydrogen-bond donors (Lipinski definition) is 2. The Bertz CT molecular complexity index is 929. The molecule has 0 saturated carbocycles. The highest BCUT2D eigenvalue weighted by atomic mass is 35.5. The molecule has 0 atom stereocenters. The van der Waals surface area contributed by atoms with Crippen LogP contribution in [0, 0.1) is 6.92 Å². The van der Waals surface area contributed by atoms with Gasteiger partial charge in [-0.05, 0) is 42.3 Å². The Morgan fingerprint density at radius 3 is 2.57 bits per heavy atom. The van der Waals surface area contributed by atoms with Gasteiger partial charge in [0.05, 0.1) is 13.2 Å². The van der Waals surface area contributed by atoms with E-state index in [1.54, 1.807) is 0 Å². The Kier molecular flexibility index (Phi) is 6.93. The molecule has 0 spiro atoms. The van der Waals surface area contributed by atoms with Crippen molar-refractivity contribution in [3.8, 4) is 5.75 Å². The molecule has 0 fully saturated rings. The number of benzene rings is 3. The predicted molar refractivity (Wildman–Crippen MR) is 115 cm³/mol. The van der Waals surface area contributed by atoms with E-state index >= 15 is 0 Å². The minimum Gasteiger partial charge on any atom is -0.493 e. The summed E-state index contributed by atoms with van der Waals surface area (Å²) >= 11 is 6.10. The van der Waals surface area contributed by atoms with Crippen LogP contribution in [-0.4, -0.2) is 19.1 Å². The Morgan fingerprint density at radius 2 is 1.79 bits per heavy atom. The summed E-state index contributed by atoms with van der Waals surface area (Å²) in [6, 6.07) is 23.2. The van der Waals surface area contributed by atoms with Gasteiger partial charge in [0.25, 0.3) is 0 Å². The zero-order chi connectivity index (χ0) is 19.8. The molecule has 0 aliphatic heterocycles. The maximum absolute atomic E-state index is 12.2. The maximum Gasteiger partial charge on any atom is 0.243 e. The van der Waals surface area contributed by atoms with E-state index in [2.05, 4.69) is 22.8 Å². The number of halogens is 1. The van der Waals surface area contributed by atoms with E-state index < -0.39 is 0 Å². The molecule has 0 aromatic heterocycles. The first-order chi connectivity index (χ1) is 13.6. The van der Waals surface area contributed by atoms with Crippen molar-refractivity contribution in [1.82, 2.24) is 0 Å². The second kappa shape index (κ2) is 9.81. The second-order valence-electron chi connectivity index (χ2n) is 6.48. The lowest BCUT2D eigenvalue weighted by Gasteiger charge is -2.11. The summed E-state index contributed by atoms with van der Waals surface area (Å²) in [5.41, 5.74) is 3.74. The van der Waals surface area contributed by atoms with Crippen molar-refractivity contribution in [2.75, 3.05) is 23.8 Å². The van der Waals surface area contributed by atoms with E-state index in [1.807, 2.05) is 67.6 Å². The molecule has 3 rings (SSSR count). The molecular formula is C23H23ClN2O2. The Labute approximate surface area is 170 Å². The minimum absolute atomic E-state index is 0.141. The van der Waals surface area contributed by atoms with Gasteiger partial charge in [-0.2, -0.15) is 0 Å². The largest absolute Gasteiger partial charge is 0.493 e. The Balaban J connectivity index is 1.47. The Morgan fingerprint density at radius 1 is 0.964 bits per heavy atom. The topological polar surface area (TPSA) is 50.4 Å². The van der Waals surface area contributed by atoms with E-state index in [-0.39, 0.29) is 12.5 Å². The summed E-state index contributed by atoms with van der Waals surface area (Å²) in [5.74, 6) is 0.588. The maximum atomic E-state index is 12.2. The van der Waals surface area contributed by atoms with Crippen LogP contribution in [0.2, 0.25) is 5.02 Å². The molecular weight excluding hydrogens is 372 g/mol. The van der Waals surface area contributed by atoms with Crippen LogP contribution in [0.4, 0.5) is 11.4 Å². The minimum atomic E-state index is -0.141. The number of hydrogen-bond acceptors (Lipinski definition) is 3. The first-order valence-corrected chi connectivity index (χ1v) is 9.54. The lowest BCUT2D eigenvalue weighted by molar-refractivity contribution is -0.114. The summed E-state index contributed by atoms with van der Waals surface area (Å²) in [6.07, 6.45) is 0.834. The molecule has 4 nitrogen and oxygen atoms in total. The van der Waals surface area contributed by atoms with Crippen molar-refractivity contribution in [2.45, 2.75) is 13.3 Å². The van der Waals surface area contributed by atoms with Crippen LogP contribution in [-0.2, 0) is 11.2 Å². The van der Waals surface area contributed by atoms with Gasteiger partial charge in [-0.25, -0.2) is 0 Å². The van der Waals surface area contributed by atoms with Gasteiger partial charge in [0, 0.05) is 28.9 Å². The molecule has 0 aliphatic rings. The van der Waals surface area contributed by atoms with Crippen molar-refractivity contribution >= 4 is 28.9 Å². The number of carbonyl (C=O) groups is 1. The third kappa shape index (κ3) is 6.03. The highest BCUT2D eigenvalue weighted by Crippen LogP contribution is 2.20. The number of aryl methyl sites for hydroxylation is 1. The molecule has 0 heterocycles. The van der Waals surface area contributed by atoms with Gasteiger partial charge in [0.2, 0.25) is 5.91 Å². The normalized spacial score (nSPS) is 10.4. The molecule has 0 unspecified atom stereocenters. The van der Waals surface area contributed by atoms with Crippen LogP contribution in [0.15, 0.2) is 72.8 Å². The van der Waals surface area contributed by atoms with E-state index in [0.29, 0.717) is 17.3 Å². The van der Waals surface area contributed by atoms with Crippen LogP contribution in [0.25, 0.3) is 0 Å². The van der Waals surface area contributed by atoms with Gasteiger partial charge in [-0.15, -0.1) is 0 Å². The third-order valence-corrected chi connectivity index (χ3v) is 4.65. The summed E-state index contributed by atoms with van der Waals surface area (Å²) in [6.45, 7) is 2.67. The molecule has 144 valence electrons. The summed E-state index contributed by atoms with van der Waals surface area (Å²) in [7, 11) is 0. The van der Waals surface area contributed by atoms with Crippen LogP contribution < -0.4 is 15.4 Å². The molecule has 0 radical (unpaired) electrons. The van der Waals surface area contributed by atoms with Gasteiger partial charge < -0.3 is 15.4 Å². The standard InChI is InChI=1S/C23H23ClN2O2/c1-17-10-11-19(15-22(17)24)25-16-23(27)26-20-8-5-9-21(14-20)28-13-12-18-6-3-2-4-7-18/h2-11,14-15,25H,12-13,16H2,1H3,(H,26,27). The first-order valence-electron chi connectivity index (χ1n) is 9.17. The lowest BCUT2D eigenvalue weighted by atomic mass is 10.2. The molecule has 0 saturated heterocycles. The van der Waals surface area contributed by atoms with Crippen molar-refractivity contribution in [1.29, 1.82) is 0 Å². The SMILES string of the molecule is Cc1ccc(NCC(=O)Nc2cccc(OCCc3ccccc3)c2)cc1Cl. The van der Waals surface area contributed by atoms with E-state index in [0.717, 1.165) is 23.4 Å². The molecule has 5 heteroatoms.